The Bertz CT molecular complexity index is 830. The number of nitrogens with zero attached hydrogens (tertiary/aromatic N) is 2. The number of hydrogen-bond acceptors (Lipinski definition) is 5. The average Bonchev–Trinajstić information content (AvgIpc) is 3.44. The number of β-amino-alcohol motifs (C(OH)–C–C–N with tert-alkyl or cyclic N) is 1. The first kappa shape index (κ1) is 25.5. The van der Waals surface area contributed by atoms with Crippen LogP contribution < -0.4 is 0 Å². The molecule has 34 heavy (non-hydrogen) atoms. The van der Waals surface area contributed by atoms with Gasteiger partial charge in [0.1, 0.15) is 6.17 Å². The number of aliphatic hydroxyl groups excluding tert-OH is 1. The summed E-state index contributed by atoms with van der Waals surface area (Å²) in [7, 11) is 0. The van der Waals surface area contributed by atoms with Crippen molar-refractivity contribution in [2.45, 2.75) is 57.6 Å². The van der Waals surface area contributed by atoms with Crippen LogP contribution in [0.1, 0.15) is 43.7 Å². The van der Waals surface area contributed by atoms with Crippen LogP contribution in [0.25, 0.3) is 5.57 Å². The largest absolute Gasteiger partial charge is 0.392 e. The van der Waals surface area contributed by atoms with Crippen LogP contribution in [0.5, 0.6) is 0 Å². The Kier molecular flexibility index (Phi) is 8.94. The molecule has 0 radical (unpaired) electrons. The lowest BCUT2D eigenvalue weighted by molar-refractivity contribution is -0.223. The summed E-state index contributed by atoms with van der Waals surface area (Å²) in [6.45, 7) is 10.4. The second-order valence-electron chi connectivity index (χ2n) is 10.1. The van der Waals surface area contributed by atoms with Crippen molar-refractivity contribution in [1.82, 2.24) is 9.80 Å². The number of benzene rings is 1. The van der Waals surface area contributed by atoms with E-state index >= 15 is 0 Å². The molecule has 0 saturated carbocycles. The molecule has 2 saturated heterocycles. The number of allylic oxidation sites excluding steroid dienone is 2. The lowest BCUT2D eigenvalue weighted by atomic mass is 9.82. The van der Waals surface area contributed by atoms with Gasteiger partial charge in [-0.3, -0.25) is 0 Å². The van der Waals surface area contributed by atoms with Gasteiger partial charge >= 0.3 is 0 Å². The smallest absolute Gasteiger partial charge is 0.194 e. The third-order valence-corrected chi connectivity index (χ3v) is 7.49. The van der Waals surface area contributed by atoms with Gasteiger partial charge in [-0.1, -0.05) is 43.3 Å². The number of rotatable bonds is 11. The fourth-order valence-corrected chi connectivity index (χ4v) is 5.44. The second-order valence-corrected chi connectivity index (χ2v) is 10.1. The standard InChI is InChI=1S/C28H41FN2O3/c1-22-8-3-4-9-26(22)27-10-5-13-28(23(27)2,33-18-6-14-30-16-11-24(29)20-30)34-19-7-15-31-17-12-25(32)21-31/h3-5,8-10,13,23-25,32H,6-7,11-12,14-21H2,1-2H3/t23?,24-,25-,28?/m1/s1. The van der Waals surface area contributed by atoms with Gasteiger partial charge in [0, 0.05) is 45.2 Å². The minimum absolute atomic E-state index is 0.0363. The highest BCUT2D eigenvalue weighted by atomic mass is 19.1. The molecule has 4 rings (SSSR count). The molecule has 6 heteroatoms. The number of alkyl halides is 1. The van der Waals surface area contributed by atoms with Crippen LogP contribution in [0.3, 0.4) is 0 Å². The van der Waals surface area contributed by atoms with E-state index in [0.717, 1.165) is 52.0 Å². The van der Waals surface area contributed by atoms with Gasteiger partial charge in [-0.05, 0) is 55.4 Å². The van der Waals surface area contributed by atoms with Gasteiger partial charge in [0.15, 0.2) is 5.79 Å². The minimum atomic E-state index is -0.815. The highest BCUT2D eigenvalue weighted by Crippen LogP contribution is 2.40. The van der Waals surface area contributed by atoms with E-state index in [1.807, 2.05) is 0 Å². The Labute approximate surface area is 204 Å². The van der Waals surface area contributed by atoms with Crippen molar-refractivity contribution in [1.29, 1.82) is 0 Å². The van der Waals surface area contributed by atoms with Gasteiger partial charge in [0.25, 0.3) is 0 Å². The predicted molar refractivity (Wildman–Crippen MR) is 134 cm³/mol. The molecule has 0 bridgehead atoms. The molecule has 4 atom stereocenters. The monoisotopic (exact) mass is 472 g/mol. The van der Waals surface area contributed by atoms with Crippen LogP contribution >= 0.6 is 0 Å². The van der Waals surface area contributed by atoms with Crippen LogP contribution in [0.2, 0.25) is 0 Å². The van der Waals surface area contributed by atoms with Crippen molar-refractivity contribution in [3.05, 3.63) is 53.6 Å². The van der Waals surface area contributed by atoms with Crippen molar-refractivity contribution >= 4 is 5.57 Å². The molecular formula is C28H41FN2O3. The van der Waals surface area contributed by atoms with E-state index in [1.54, 1.807) is 0 Å². The Morgan fingerprint density at radius 2 is 1.71 bits per heavy atom. The maximum Gasteiger partial charge on any atom is 0.194 e. The zero-order valence-corrected chi connectivity index (χ0v) is 20.8. The van der Waals surface area contributed by atoms with Crippen molar-refractivity contribution in [3.63, 3.8) is 0 Å². The first-order chi connectivity index (χ1) is 16.5. The van der Waals surface area contributed by atoms with E-state index in [-0.39, 0.29) is 12.0 Å². The van der Waals surface area contributed by atoms with E-state index in [2.05, 4.69) is 66.1 Å². The molecule has 1 aromatic rings. The quantitative estimate of drug-likeness (QED) is 0.386. The van der Waals surface area contributed by atoms with Gasteiger partial charge in [-0.2, -0.15) is 0 Å². The lowest BCUT2D eigenvalue weighted by Gasteiger charge is -2.40. The van der Waals surface area contributed by atoms with E-state index in [0.29, 0.717) is 26.2 Å². The lowest BCUT2D eigenvalue weighted by Crippen LogP contribution is -2.43. The molecule has 2 unspecified atom stereocenters. The Morgan fingerprint density at radius 3 is 2.32 bits per heavy atom. The van der Waals surface area contributed by atoms with Gasteiger partial charge in [0.05, 0.1) is 19.3 Å². The molecule has 2 heterocycles. The number of ether oxygens (including phenoxy) is 2. The Balaban J connectivity index is 1.38. The molecule has 1 aromatic carbocycles. The van der Waals surface area contributed by atoms with E-state index in [9.17, 15) is 9.50 Å². The summed E-state index contributed by atoms with van der Waals surface area (Å²) in [5.74, 6) is -0.779. The third-order valence-electron chi connectivity index (χ3n) is 7.49. The predicted octanol–water partition coefficient (Wildman–Crippen LogP) is 4.20. The topological polar surface area (TPSA) is 45.2 Å². The normalized spacial score (nSPS) is 30.2. The van der Waals surface area contributed by atoms with Gasteiger partial charge < -0.3 is 24.4 Å². The summed E-state index contributed by atoms with van der Waals surface area (Å²) in [5.41, 5.74) is 3.70. The summed E-state index contributed by atoms with van der Waals surface area (Å²) in [6.07, 6.45) is 8.68. The summed E-state index contributed by atoms with van der Waals surface area (Å²) in [6, 6.07) is 8.46. The fourth-order valence-electron chi connectivity index (χ4n) is 5.44. The molecule has 0 amide bonds. The molecule has 2 fully saturated rings. The van der Waals surface area contributed by atoms with Crippen LogP contribution in [-0.2, 0) is 9.47 Å². The molecule has 1 N–H and O–H groups in total. The maximum atomic E-state index is 13.5. The summed E-state index contributed by atoms with van der Waals surface area (Å²) in [4.78, 5) is 4.49. The van der Waals surface area contributed by atoms with Crippen molar-refractivity contribution in [2.24, 2.45) is 5.92 Å². The molecule has 3 aliphatic rings. The fraction of sp³-hybridized carbons (Fsp3) is 0.643. The van der Waals surface area contributed by atoms with Crippen LogP contribution in [-0.4, -0.2) is 85.5 Å². The summed E-state index contributed by atoms with van der Waals surface area (Å²) < 4.78 is 26.6. The molecule has 0 aromatic heterocycles. The van der Waals surface area contributed by atoms with Crippen LogP contribution in [0.4, 0.5) is 4.39 Å². The molecule has 1 aliphatic carbocycles. The summed E-state index contributed by atoms with van der Waals surface area (Å²) in [5, 5.41) is 9.78. The van der Waals surface area contributed by atoms with E-state index < -0.39 is 12.0 Å². The Hall–Kier alpha value is -1.57. The van der Waals surface area contributed by atoms with Gasteiger partial charge in [-0.25, -0.2) is 4.39 Å². The van der Waals surface area contributed by atoms with Crippen LogP contribution in [0, 0.1) is 12.8 Å². The highest BCUT2D eigenvalue weighted by Gasteiger charge is 2.40. The number of halogens is 1. The van der Waals surface area contributed by atoms with E-state index in [1.165, 1.54) is 16.7 Å². The molecule has 2 aliphatic heterocycles. The first-order valence-electron chi connectivity index (χ1n) is 13.0. The zero-order chi connectivity index (χ0) is 24.0. The molecule has 188 valence electrons. The van der Waals surface area contributed by atoms with Crippen molar-refractivity contribution < 1.29 is 19.0 Å². The minimum Gasteiger partial charge on any atom is -0.392 e. The molecular weight excluding hydrogens is 431 g/mol. The maximum absolute atomic E-state index is 13.5. The van der Waals surface area contributed by atoms with Crippen LogP contribution in [0.15, 0.2) is 42.5 Å². The SMILES string of the molecule is Cc1ccccc1C1=CC=CC(OCCCN2CC[C@@H](O)C2)(OCCCN2CC[C@@H](F)C2)C1C. The van der Waals surface area contributed by atoms with Crippen molar-refractivity contribution in [3.8, 4) is 0 Å². The highest BCUT2D eigenvalue weighted by molar-refractivity contribution is 5.73. The second kappa shape index (κ2) is 11.9. The van der Waals surface area contributed by atoms with Crippen molar-refractivity contribution in [2.75, 3.05) is 52.5 Å². The molecule has 5 nitrogen and oxygen atoms in total. The number of likely N-dealkylation sites (tertiary alicyclic amines) is 2. The molecule has 0 spiro atoms. The van der Waals surface area contributed by atoms with E-state index in [4.69, 9.17) is 9.47 Å². The number of hydrogen-bond donors (Lipinski definition) is 1. The number of aliphatic hydroxyl groups is 1. The van der Waals surface area contributed by atoms with Gasteiger partial charge in [0.2, 0.25) is 0 Å². The summed E-state index contributed by atoms with van der Waals surface area (Å²) >= 11 is 0. The van der Waals surface area contributed by atoms with Gasteiger partial charge in [-0.15, -0.1) is 0 Å². The number of aryl methyl sites for hydroxylation is 1. The third kappa shape index (κ3) is 6.35. The first-order valence-corrected chi connectivity index (χ1v) is 13.0. The zero-order valence-electron chi connectivity index (χ0n) is 20.8. The average molecular weight is 473 g/mol. The Morgan fingerprint density at radius 1 is 1.03 bits per heavy atom.